The molecule has 4 rings (SSSR count). The molecule has 1 amide bonds. The maximum Gasteiger partial charge on any atom is 0.259 e. The zero-order valence-electron chi connectivity index (χ0n) is 16.0. The van der Waals surface area contributed by atoms with Crippen LogP contribution in [0.2, 0.25) is 0 Å². The fourth-order valence-corrected chi connectivity index (χ4v) is 4.15. The molecule has 0 unspecified atom stereocenters. The summed E-state index contributed by atoms with van der Waals surface area (Å²) >= 11 is 0. The average molecular weight is 363 g/mol. The second-order valence-electron chi connectivity index (χ2n) is 7.29. The minimum absolute atomic E-state index is 0.00309. The lowest BCUT2D eigenvalue weighted by Crippen LogP contribution is -2.42. The first-order valence-electron chi connectivity index (χ1n) is 9.60. The van der Waals surface area contributed by atoms with Crippen molar-refractivity contribution in [2.24, 2.45) is 5.92 Å². The number of fused-ring (bicyclic) bond motifs is 3. The number of carbonyl (C=O) groups excluding carboxylic acids is 1. The summed E-state index contributed by atoms with van der Waals surface area (Å²) in [6, 6.07) is 12.0. The molecule has 1 aromatic carbocycles. The molecular formula is C22H25N3O2. The molecule has 0 saturated carbocycles. The van der Waals surface area contributed by atoms with E-state index in [0.29, 0.717) is 24.6 Å². The molecule has 140 valence electrons. The molecule has 0 aliphatic carbocycles. The van der Waals surface area contributed by atoms with E-state index in [4.69, 9.17) is 4.74 Å². The molecule has 5 heteroatoms. The maximum absolute atomic E-state index is 13.4. The van der Waals surface area contributed by atoms with Crippen molar-refractivity contribution in [2.45, 2.75) is 33.2 Å². The highest BCUT2D eigenvalue weighted by molar-refractivity contribution is 5.97. The van der Waals surface area contributed by atoms with Crippen molar-refractivity contribution >= 4 is 16.8 Å². The zero-order chi connectivity index (χ0) is 19.0. The van der Waals surface area contributed by atoms with Crippen molar-refractivity contribution in [1.29, 1.82) is 0 Å². The van der Waals surface area contributed by atoms with Crippen molar-refractivity contribution in [1.82, 2.24) is 14.9 Å². The number of para-hydroxylation sites is 1. The minimum Gasteiger partial charge on any atom is -0.477 e. The molecule has 0 bridgehead atoms. The van der Waals surface area contributed by atoms with Crippen molar-refractivity contribution in [3.8, 4) is 5.88 Å². The quantitative estimate of drug-likeness (QED) is 0.749. The number of ether oxygens (including phenoxy) is 1. The number of amides is 1. The molecule has 1 N–H and O–H groups in total. The normalized spacial score (nSPS) is 16.6. The number of hydrogen-bond acceptors (Lipinski definition) is 3. The highest BCUT2D eigenvalue weighted by atomic mass is 16.5. The Morgan fingerprint density at radius 3 is 2.89 bits per heavy atom. The van der Waals surface area contributed by atoms with E-state index in [1.165, 1.54) is 10.9 Å². The fourth-order valence-electron chi connectivity index (χ4n) is 4.15. The number of nitrogens with zero attached hydrogens (tertiary/aromatic N) is 2. The summed E-state index contributed by atoms with van der Waals surface area (Å²) in [7, 11) is 0. The molecule has 0 fully saturated rings. The van der Waals surface area contributed by atoms with E-state index in [1.54, 1.807) is 18.3 Å². The van der Waals surface area contributed by atoms with Crippen LogP contribution in [0.5, 0.6) is 5.88 Å². The first-order valence-corrected chi connectivity index (χ1v) is 9.60. The molecule has 5 nitrogen and oxygen atoms in total. The largest absolute Gasteiger partial charge is 0.477 e. The van der Waals surface area contributed by atoms with Gasteiger partial charge in [-0.25, -0.2) is 4.98 Å². The van der Waals surface area contributed by atoms with Crippen LogP contribution in [0.15, 0.2) is 42.6 Å². The van der Waals surface area contributed by atoms with Gasteiger partial charge in [-0.3, -0.25) is 4.79 Å². The Hall–Kier alpha value is -2.82. The standard InChI is InChI=1S/C22H25N3O2/c1-4-27-21-17(9-7-12-23-21)22(26)25-13-11-16-15-8-5-6-10-18(15)24-19(16)20(25)14(2)3/h5-10,12,14,20,24H,4,11,13H2,1-3H3/t20-/m1/s1. The molecule has 27 heavy (non-hydrogen) atoms. The number of benzene rings is 1. The van der Waals surface area contributed by atoms with Gasteiger partial charge in [-0.05, 0) is 43.0 Å². The Labute approximate surface area is 159 Å². The number of H-pyrrole nitrogens is 1. The molecule has 0 saturated heterocycles. The lowest BCUT2D eigenvalue weighted by atomic mass is 9.90. The number of carbonyl (C=O) groups is 1. The summed E-state index contributed by atoms with van der Waals surface area (Å²) in [4.78, 5) is 23.2. The van der Waals surface area contributed by atoms with Gasteiger partial charge in [-0.1, -0.05) is 32.0 Å². The molecule has 2 aromatic heterocycles. The maximum atomic E-state index is 13.4. The van der Waals surface area contributed by atoms with Gasteiger partial charge in [0.05, 0.1) is 12.6 Å². The highest BCUT2D eigenvalue weighted by Crippen LogP contribution is 2.39. The Bertz CT molecular complexity index is 977. The van der Waals surface area contributed by atoms with Crippen molar-refractivity contribution < 1.29 is 9.53 Å². The number of nitrogens with one attached hydrogen (secondary N) is 1. The number of hydrogen-bond donors (Lipinski definition) is 1. The summed E-state index contributed by atoms with van der Waals surface area (Å²) in [5, 5.41) is 1.27. The summed E-state index contributed by atoms with van der Waals surface area (Å²) in [5.41, 5.74) is 4.17. The molecule has 3 aromatic rings. The molecular weight excluding hydrogens is 338 g/mol. The van der Waals surface area contributed by atoms with Crippen LogP contribution in [0.25, 0.3) is 10.9 Å². The Morgan fingerprint density at radius 1 is 1.30 bits per heavy atom. The lowest BCUT2D eigenvalue weighted by Gasteiger charge is -2.38. The van der Waals surface area contributed by atoms with Crippen LogP contribution in [0.3, 0.4) is 0 Å². The predicted molar refractivity (Wildman–Crippen MR) is 106 cm³/mol. The average Bonchev–Trinajstić information content (AvgIpc) is 3.05. The van der Waals surface area contributed by atoms with Gasteiger partial charge in [-0.15, -0.1) is 0 Å². The topological polar surface area (TPSA) is 58.2 Å². The van der Waals surface area contributed by atoms with Gasteiger partial charge < -0.3 is 14.6 Å². The second kappa shape index (κ2) is 7.06. The van der Waals surface area contributed by atoms with E-state index in [1.807, 2.05) is 17.9 Å². The summed E-state index contributed by atoms with van der Waals surface area (Å²) in [6.07, 6.45) is 2.51. The monoisotopic (exact) mass is 363 g/mol. The van der Waals surface area contributed by atoms with Gasteiger partial charge in [-0.2, -0.15) is 0 Å². The zero-order valence-corrected chi connectivity index (χ0v) is 16.0. The Balaban J connectivity index is 1.77. The van der Waals surface area contributed by atoms with Crippen molar-refractivity contribution in [3.63, 3.8) is 0 Å². The van der Waals surface area contributed by atoms with Gasteiger partial charge in [0, 0.05) is 29.3 Å². The molecule has 0 spiro atoms. The lowest BCUT2D eigenvalue weighted by molar-refractivity contribution is 0.0593. The van der Waals surface area contributed by atoms with E-state index in [2.05, 4.69) is 42.0 Å². The third-order valence-corrected chi connectivity index (χ3v) is 5.26. The van der Waals surface area contributed by atoms with Crippen molar-refractivity contribution in [3.05, 3.63) is 59.4 Å². The molecule has 1 atom stereocenters. The smallest absolute Gasteiger partial charge is 0.259 e. The van der Waals surface area contributed by atoms with E-state index in [0.717, 1.165) is 17.6 Å². The highest BCUT2D eigenvalue weighted by Gasteiger charge is 2.36. The summed E-state index contributed by atoms with van der Waals surface area (Å²) < 4.78 is 5.60. The predicted octanol–water partition coefficient (Wildman–Crippen LogP) is 4.36. The van der Waals surface area contributed by atoms with Crippen molar-refractivity contribution in [2.75, 3.05) is 13.2 Å². The Morgan fingerprint density at radius 2 is 2.11 bits per heavy atom. The van der Waals surface area contributed by atoms with Gasteiger partial charge in [0.1, 0.15) is 5.56 Å². The van der Waals surface area contributed by atoms with Gasteiger partial charge in [0.2, 0.25) is 5.88 Å². The Kier molecular flexibility index (Phi) is 4.60. The molecule has 1 aliphatic rings. The van der Waals surface area contributed by atoms with Gasteiger partial charge in [0.25, 0.3) is 5.91 Å². The summed E-state index contributed by atoms with van der Waals surface area (Å²) in [6.45, 7) is 7.40. The fraction of sp³-hybridized carbons (Fsp3) is 0.364. The number of rotatable bonds is 4. The van der Waals surface area contributed by atoms with Crippen LogP contribution in [0.1, 0.15) is 48.4 Å². The van der Waals surface area contributed by atoms with E-state index in [-0.39, 0.29) is 17.9 Å². The number of aromatic nitrogens is 2. The second-order valence-corrected chi connectivity index (χ2v) is 7.29. The van der Waals surface area contributed by atoms with Crippen LogP contribution < -0.4 is 4.74 Å². The third-order valence-electron chi connectivity index (χ3n) is 5.26. The SMILES string of the molecule is CCOc1ncccc1C(=O)N1CCc2c([nH]c3ccccc23)[C@H]1C(C)C. The van der Waals surface area contributed by atoms with Crippen LogP contribution in [-0.4, -0.2) is 33.9 Å². The first-order chi connectivity index (χ1) is 13.1. The van der Waals surface area contributed by atoms with E-state index < -0.39 is 0 Å². The van der Waals surface area contributed by atoms with Crippen LogP contribution in [0, 0.1) is 5.92 Å². The van der Waals surface area contributed by atoms with Gasteiger partial charge in [0.15, 0.2) is 0 Å². The van der Waals surface area contributed by atoms with Crippen LogP contribution in [0.4, 0.5) is 0 Å². The van der Waals surface area contributed by atoms with Crippen LogP contribution >= 0.6 is 0 Å². The molecule has 3 heterocycles. The van der Waals surface area contributed by atoms with Crippen LogP contribution in [-0.2, 0) is 6.42 Å². The molecule has 0 radical (unpaired) electrons. The third kappa shape index (κ3) is 2.97. The minimum atomic E-state index is -0.0189. The summed E-state index contributed by atoms with van der Waals surface area (Å²) in [5.74, 6) is 0.679. The number of aromatic amines is 1. The van der Waals surface area contributed by atoms with E-state index >= 15 is 0 Å². The van der Waals surface area contributed by atoms with Gasteiger partial charge >= 0.3 is 0 Å². The molecule has 1 aliphatic heterocycles. The van der Waals surface area contributed by atoms with E-state index in [9.17, 15) is 4.79 Å². The first kappa shape index (κ1) is 17.6. The number of pyridine rings is 1.